The molecule has 2 nitrogen and oxygen atoms in total. The molecule has 0 radical (unpaired) electrons. The van der Waals surface area contributed by atoms with Crippen LogP contribution in [0.2, 0.25) is 0 Å². The predicted molar refractivity (Wildman–Crippen MR) is 44.8 cm³/mol. The van der Waals surface area contributed by atoms with Gasteiger partial charge in [-0.3, -0.25) is 0 Å². The molecule has 1 aliphatic rings. The topological polar surface area (TPSA) is 18.5 Å². The van der Waals surface area contributed by atoms with Crippen LogP contribution >= 0.6 is 0 Å². The van der Waals surface area contributed by atoms with Crippen LogP contribution in [0.1, 0.15) is 33.1 Å². The van der Waals surface area contributed by atoms with E-state index in [9.17, 15) is 13.2 Å². The highest BCUT2D eigenvalue weighted by atomic mass is 19.4. The van der Waals surface area contributed by atoms with E-state index in [4.69, 9.17) is 9.47 Å². The fourth-order valence-electron chi connectivity index (χ4n) is 1.20. The van der Waals surface area contributed by atoms with E-state index in [0.717, 1.165) is 26.7 Å². The van der Waals surface area contributed by atoms with Crippen molar-refractivity contribution in [3.8, 4) is 0 Å². The minimum Gasteiger partial charge on any atom is -0.353 e. The lowest BCUT2D eigenvalue weighted by Crippen LogP contribution is -2.45. The first-order valence-corrected chi connectivity index (χ1v) is 4.69. The van der Waals surface area contributed by atoms with Gasteiger partial charge in [-0.1, -0.05) is 0 Å². The van der Waals surface area contributed by atoms with Gasteiger partial charge in [0.15, 0.2) is 11.9 Å². The molecule has 1 aliphatic heterocycles. The second-order valence-corrected chi connectivity index (χ2v) is 3.92. The maximum Gasteiger partial charge on any atom is 0.417 e. The van der Waals surface area contributed by atoms with Crippen LogP contribution in [-0.2, 0) is 9.47 Å². The highest BCUT2D eigenvalue weighted by Crippen LogP contribution is 2.35. The Kier molecular flexibility index (Phi) is 3.42. The lowest BCUT2D eigenvalue weighted by atomic mass is 10.1. The second kappa shape index (κ2) is 4.06. The van der Waals surface area contributed by atoms with E-state index < -0.39 is 18.1 Å². The minimum absolute atomic E-state index is 0.485. The fraction of sp³-hybridized carbons (Fsp3) is 1.00. The van der Waals surface area contributed by atoms with Crippen LogP contribution in [0.3, 0.4) is 0 Å². The van der Waals surface area contributed by atoms with Gasteiger partial charge in [0.1, 0.15) is 0 Å². The van der Waals surface area contributed by atoms with Crippen LogP contribution in [0.4, 0.5) is 13.2 Å². The van der Waals surface area contributed by atoms with Crippen LogP contribution in [0.25, 0.3) is 0 Å². The van der Waals surface area contributed by atoms with E-state index >= 15 is 0 Å². The first-order chi connectivity index (χ1) is 6.33. The van der Waals surface area contributed by atoms with Gasteiger partial charge >= 0.3 is 6.18 Å². The third-order valence-corrected chi connectivity index (χ3v) is 2.25. The molecule has 0 N–H and O–H groups in total. The molecule has 1 saturated heterocycles. The largest absolute Gasteiger partial charge is 0.417 e. The van der Waals surface area contributed by atoms with Gasteiger partial charge < -0.3 is 9.47 Å². The summed E-state index contributed by atoms with van der Waals surface area (Å²) < 4.78 is 47.2. The van der Waals surface area contributed by atoms with Crippen LogP contribution < -0.4 is 0 Å². The molecular formula is C9H15F3O2. The number of rotatable bonds is 2. The molecule has 0 aromatic heterocycles. The number of halogens is 3. The Hall–Kier alpha value is -0.290. The lowest BCUT2D eigenvalue weighted by molar-refractivity contribution is -0.316. The summed E-state index contributed by atoms with van der Waals surface area (Å²) in [5.74, 6) is 0. The van der Waals surface area contributed by atoms with Gasteiger partial charge in [-0.25, -0.2) is 0 Å². The standard InChI is InChI=1S/C9H15F3O2/c1-8(2,9(10,11)12)14-7-5-3-4-6-13-7/h7H,3-6H2,1-2H3. The Balaban J connectivity index is 2.49. The highest BCUT2D eigenvalue weighted by Gasteiger charge is 2.50. The zero-order chi connectivity index (χ0) is 10.8. The lowest BCUT2D eigenvalue weighted by Gasteiger charge is -2.33. The summed E-state index contributed by atoms with van der Waals surface area (Å²) in [6.07, 6.45) is -2.77. The van der Waals surface area contributed by atoms with Crippen LogP contribution in [0.15, 0.2) is 0 Å². The SMILES string of the molecule is CC(C)(OC1CCCCO1)C(F)(F)F. The van der Waals surface area contributed by atoms with Crippen molar-refractivity contribution in [1.29, 1.82) is 0 Å². The van der Waals surface area contributed by atoms with Crippen molar-refractivity contribution in [1.82, 2.24) is 0 Å². The number of alkyl halides is 3. The fourth-order valence-corrected chi connectivity index (χ4v) is 1.20. The van der Waals surface area contributed by atoms with Crippen molar-refractivity contribution in [2.45, 2.75) is 51.2 Å². The number of hydrogen-bond donors (Lipinski definition) is 0. The van der Waals surface area contributed by atoms with Crippen LogP contribution in [0, 0.1) is 0 Å². The van der Waals surface area contributed by atoms with E-state index in [1.54, 1.807) is 0 Å². The van der Waals surface area contributed by atoms with E-state index in [-0.39, 0.29) is 0 Å². The molecule has 0 aromatic carbocycles. The van der Waals surface area contributed by atoms with Gasteiger partial charge in [-0.2, -0.15) is 13.2 Å². The van der Waals surface area contributed by atoms with Gasteiger partial charge in [0.05, 0.1) is 0 Å². The number of ether oxygens (including phenoxy) is 2. The van der Waals surface area contributed by atoms with Crippen LogP contribution in [-0.4, -0.2) is 24.7 Å². The van der Waals surface area contributed by atoms with E-state index in [1.165, 1.54) is 0 Å². The Morgan fingerprint density at radius 3 is 2.29 bits per heavy atom. The number of hydrogen-bond acceptors (Lipinski definition) is 2. The van der Waals surface area contributed by atoms with Crippen molar-refractivity contribution in [3.63, 3.8) is 0 Å². The third-order valence-electron chi connectivity index (χ3n) is 2.25. The summed E-state index contributed by atoms with van der Waals surface area (Å²) in [5.41, 5.74) is -2.13. The molecule has 1 fully saturated rings. The smallest absolute Gasteiger partial charge is 0.353 e. The Labute approximate surface area is 81.4 Å². The first-order valence-electron chi connectivity index (χ1n) is 4.69. The van der Waals surface area contributed by atoms with Crippen molar-refractivity contribution in [3.05, 3.63) is 0 Å². The Morgan fingerprint density at radius 2 is 1.86 bits per heavy atom. The van der Waals surface area contributed by atoms with Crippen LogP contribution in [0.5, 0.6) is 0 Å². The molecule has 1 rings (SSSR count). The maximum atomic E-state index is 12.4. The van der Waals surface area contributed by atoms with Gasteiger partial charge in [0, 0.05) is 6.61 Å². The first kappa shape index (κ1) is 11.8. The summed E-state index contributed by atoms with van der Waals surface area (Å²) in [6, 6.07) is 0. The van der Waals surface area contributed by atoms with Gasteiger partial charge in [0.25, 0.3) is 0 Å². The average Bonchev–Trinajstić information content (AvgIpc) is 2.03. The summed E-state index contributed by atoms with van der Waals surface area (Å²) in [6.45, 7) is 2.52. The summed E-state index contributed by atoms with van der Waals surface area (Å²) in [4.78, 5) is 0. The molecule has 1 unspecified atom stereocenters. The van der Waals surface area contributed by atoms with Gasteiger partial charge in [0.2, 0.25) is 0 Å². The van der Waals surface area contributed by atoms with Crippen molar-refractivity contribution in [2.75, 3.05) is 6.61 Å². The molecule has 1 atom stereocenters. The molecule has 0 aliphatic carbocycles. The van der Waals surface area contributed by atoms with Gasteiger partial charge in [-0.15, -0.1) is 0 Å². The van der Waals surface area contributed by atoms with E-state index in [0.29, 0.717) is 13.0 Å². The van der Waals surface area contributed by atoms with Crippen molar-refractivity contribution < 1.29 is 22.6 Å². The molecule has 0 amide bonds. The van der Waals surface area contributed by atoms with Gasteiger partial charge in [-0.05, 0) is 33.1 Å². The molecular weight excluding hydrogens is 197 g/mol. The summed E-state index contributed by atoms with van der Waals surface area (Å²) in [5, 5.41) is 0. The van der Waals surface area contributed by atoms with E-state index in [1.807, 2.05) is 0 Å². The van der Waals surface area contributed by atoms with E-state index in [2.05, 4.69) is 0 Å². The zero-order valence-electron chi connectivity index (χ0n) is 8.36. The second-order valence-electron chi connectivity index (χ2n) is 3.92. The Bertz CT molecular complexity index is 183. The molecule has 0 aromatic rings. The third kappa shape index (κ3) is 2.85. The Morgan fingerprint density at radius 1 is 1.21 bits per heavy atom. The average molecular weight is 212 g/mol. The summed E-state index contributed by atoms with van der Waals surface area (Å²) in [7, 11) is 0. The van der Waals surface area contributed by atoms with Crippen molar-refractivity contribution >= 4 is 0 Å². The maximum absolute atomic E-state index is 12.4. The molecule has 0 bridgehead atoms. The van der Waals surface area contributed by atoms with Crippen molar-refractivity contribution in [2.24, 2.45) is 0 Å². The summed E-state index contributed by atoms with van der Waals surface area (Å²) >= 11 is 0. The molecule has 1 heterocycles. The monoisotopic (exact) mass is 212 g/mol. The molecule has 14 heavy (non-hydrogen) atoms. The zero-order valence-corrected chi connectivity index (χ0v) is 8.36. The molecule has 0 saturated carbocycles. The molecule has 0 spiro atoms. The predicted octanol–water partition coefficient (Wildman–Crippen LogP) is 2.87. The molecule has 84 valence electrons. The molecule has 5 heteroatoms. The highest BCUT2D eigenvalue weighted by molar-refractivity contribution is 4.79. The minimum atomic E-state index is -4.35. The quantitative estimate of drug-likeness (QED) is 0.700. The normalized spacial score (nSPS) is 25.1.